The van der Waals surface area contributed by atoms with Crippen molar-refractivity contribution in [3.05, 3.63) is 12.7 Å². The second kappa shape index (κ2) is 7.76. The van der Waals surface area contributed by atoms with Crippen molar-refractivity contribution in [3.8, 4) is 0 Å². The summed E-state index contributed by atoms with van der Waals surface area (Å²) in [5, 5.41) is 3.26. The molecule has 0 fully saturated rings. The normalized spacial score (nSPS) is 10.5. The molecule has 0 saturated heterocycles. The summed E-state index contributed by atoms with van der Waals surface area (Å²) >= 11 is 0. The van der Waals surface area contributed by atoms with Gasteiger partial charge in [-0.15, -0.1) is 6.58 Å². The molecule has 0 heterocycles. The van der Waals surface area contributed by atoms with E-state index >= 15 is 0 Å². The third-order valence-electron chi connectivity index (χ3n) is 1.56. The average molecular weight is 156 g/mol. The van der Waals surface area contributed by atoms with Crippen molar-refractivity contribution >= 4 is 0 Å². The molecule has 0 saturated carbocycles. The first-order valence-corrected chi connectivity index (χ1v) is 4.31. The molecule has 0 spiro atoms. The van der Waals surface area contributed by atoms with Gasteiger partial charge in [-0.05, 0) is 20.0 Å². The highest BCUT2D eigenvalue weighted by Crippen LogP contribution is 1.83. The monoisotopic (exact) mass is 156 g/mol. The number of nitrogens with zero attached hydrogens (tertiary/aromatic N) is 1. The van der Waals surface area contributed by atoms with Crippen LogP contribution >= 0.6 is 0 Å². The maximum atomic E-state index is 3.64. The summed E-state index contributed by atoms with van der Waals surface area (Å²) < 4.78 is 0. The Bertz CT molecular complexity index is 91.6. The van der Waals surface area contributed by atoms with E-state index in [9.17, 15) is 0 Å². The SMILES string of the molecule is C=CCNCCN(C)CCC. The molecule has 0 aliphatic heterocycles. The third kappa shape index (κ3) is 7.56. The highest BCUT2D eigenvalue weighted by atomic mass is 15.1. The lowest BCUT2D eigenvalue weighted by Crippen LogP contribution is -2.29. The van der Waals surface area contributed by atoms with Gasteiger partial charge < -0.3 is 10.2 Å². The molecule has 0 bridgehead atoms. The number of likely N-dealkylation sites (N-methyl/N-ethyl adjacent to an activating group) is 1. The standard InChI is InChI=1S/C9H20N2/c1-4-6-10-7-9-11(3)8-5-2/h4,10H,1,5-9H2,2-3H3. The Kier molecular flexibility index (Phi) is 7.52. The molecule has 0 atom stereocenters. The van der Waals surface area contributed by atoms with Gasteiger partial charge in [-0.2, -0.15) is 0 Å². The number of hydrogen-bond acceptors (Lipinski definition) is 2. The van der Waals surface area contributed by atoms with Gasteiger partial charge in [-0.25, -0.2) is 0 Å². The number of rotatable bonds is 7. The minimum atomic E-state index is 0.917. The lowest BCUT2D eigenvalue weighted by molar-refractivity contribution is 0.334. The number of nitrogens with one attached hydrogen (secondary N) is 1. The van der Waals surface area contributed by atoms with Crippen molar-refractivity contribution in [3.63, 3.8) is 0 Å². The summed E-state index contributed by atoms with van der Waals surface area (Å²) in [5.74, 6) is 0. The van der Waals surface area contributed by atoms with E-state index in [1.165, 1.54) is 13.0 Å². The van der Waals surface area contributed by atoms with E-state index in [1.54, 1.807) is 0 Å². The molecule has 0 aromatic rings. The van der Waals surface area contributed by atoms with Gasteiger partial charge in [0, 0.05) is 19.6 Å². The van der Waals surface area contributed by atoms with Gasteiger partial charge in [0.15, 0.2) is 0 Å². The first kappa shape index (κ1) is 10.7. The fraction of sp³-hybridized carbons (Fsp3) is 0.778. The van der Waals surface area contributed by atoms with Crippen LogP contribution in [0.25, 0.3) is 0 Å². The Morgan fingerprint density at radius 1 is 1.45 bits per heavy atom. The predicted octanol–water partition coefficient (Wildman–Crippen LogP) is 1.10. The molecular formula is C9H20N2. The molecule has 0 aromatic heterocycles. The maximum absolute atomic E-state index is 3.64. The lowest BCUT2D eigenvalue weighted by Gasteiger charge is -2.14. The molecule has 0 aliphatic rings. The predicted molar refractivity (Wildman–Crippen MR) is 50.9 cm³/mol. The van der Waals surface area contributed by atoms with E-state index in [2.05, 4.69) is 30.8 Å². The molecule has 0 amide bonds. The van der Waals surface area contributed by atoms with Gasteiger partial charge in [0.05, 0.1) is 0 Å². The smallest absolute Gasteiger partial charge is 0.0132 e. The topological polar surface area (TPSA) is 15.3 Å². The van der Waals surface area contributed by atoms with Gasteiger partial charge in [-0.1, -0.05) is 13.0 Å². The first-order valence-electron chi connectivity index (χ1n) is 4.31. The fourth-order valence-corrected chi connectivity index (χ4v) is 0.968. The van der Waals surface area contributed by atoms with Crippen molar-refractivity contribution in [1.29, 1.82) is 0 Å². The summed E-state index contributed by atoms with van der Waals surface area (Å²) in [5.41, 5.74) is 0. The third-order valence-corrected chi connectivity index (χ3v) is 1.56. The minimum Gasteiger partial charge on any atom is -0.312 e. The van der Waals surface area contributed by atoms with Crippen LogP contribution in [0.15, 0.2) is 12.7 Å². The molecule has 2 heteroatoms. The zero-order chi connectivity index (χ0) is 8.53. The summed E-state index contributed by atoms with van der Waals surface area (Å²) in [6, 6.07) is 0. The summed E-state index contributed by atoms with van der Waals surface area (Å²) in [4.78, 5) is 2.33. The minimum absolute atomic E-state index is 0.917. The quantitative estimate of drug-likeness (QED) is 0.439. The highest BCUT2D eigenvalue weighted by molar-refractivity contribution is 4.69. The molecule has 2 nitrogen and oxygen atoms in total. The maximum Gasteiger partial charge on any atom is 0.0132 e. The molecule has 0 radical (unpaired) electrons. The zero-order valence-corrected chi connectivity index (χ0v) is 7.77. The van der Waals surface area contributed by atoms with Crippen LogP contribution in [0.4, 0.5) is 0 Å². The highest BCUT2D eigenvalue weighted by Gasteiger charge is 1.93. The van der Waals surface area contributed by atoms with Crippen LogP contribution in [0.5, 0.6) is 0 Å². The van der Waals surface area contributed by atoms with Crippen molar-refractivity contribution in [2.45, 2.75) is 13.3 Å². The molecule has 0 rings (SSSR count). The average Bonchev–Trinajstić information content (AvgIpc) is 1.99. The Hall–Kier alpha value is -0.340. The van der Waals surface area contributed by atoms with Crippen LogP contribution in [0.1, 0.15) is 13.3 Å². The van der Waals surface area contributed by atoms with Crippen LogP contribution in [0.3, 0.4) is 0 Å². The Morgan fingerprint density at radius 3 is 2.73 bits per heavy atom. The molecule has 11 heavy (non-hydrogen) atoms. The van der Waals surface area contributed by atoms with E-state index < -0.39 is 0 Å². The Morgan fingerprint density at radius 2 is 2.18 bits per heavy atom. The summed E-state index contributed by atoms with van der Waals surface area (Å²) in [6.45, 7) is 10.1. The van der Waals surface area contributed by atoms with Gasteiger partial charge in [0.1, 0.15) is 0 Å². The van der Waals surface area contributed by atoms with Gasteiger partial charge in [-0.3, -0.25) is 0 Å². The van der Waals surface area contributed by atoms with Crippen molar-refractivity contribution in [2.24, 2.45) is 0 Å². The van der Waals surface area contributed by atoms with E-state index in [4.69, 9.17) is 0 Å². The van der Waals surface area contributed by atoms with Crippen molar-refractivity contribution in [1.82, 2.24) is 10.2 Å². The van der Waals surface area contributed by atoms with Crippen LogP contribution in [0.2, 0.25) is 0 Å². The number of hydrogen-bond donors (Lipinski definition) is 1. The molecule has 1 N–H and O–H groups in total. The molecule has 0 aromatic carbocycles. The second-order valence-corrected chi connectivity index (χ2v) is 2.80. The lowest BCUT2D eigenvalue weighted by atomic mass is 10.4. The van der Waals surface area contributed by atoms with Crippen LogP contribution < -0.4 is 5.32 Å². The van der Waals surface area contributed by atoms with Crippen molar-refractivity contribution in [2.75, 3.05) is 33.2 Å². The second-order valence-electron chi connectivity index (χ2n) is 2.80. The molecule has 66 valence electrons. The van der Waals surface area contributed by atoms with Gasteiger partial charge in [0.25, 0.3) is 0 Å². The van der Waals surface area contributed by atoms with Crippen LogP contribution in [-0.4, -0.2) is 38.1 Å². The largest absolute Gasteiger partial charge is 0.312 e. The Balaban J connectivity index is 3.03. The van der Waals surface area contributed by atoms with E-state index in [1.807, 2.05) is 6.08 Å². The first-order chi connectivity index (χ1) is 5.31. The Labute approximate surface area is 70.3 Å². The van der Waals surface area contributed by atoms with Crippen molar-refractivity contribution < 1.29 is 0 Å². The van der Waals surface area contributed by atoms with E-state index in [0.29, 0.717) is 0 Å². The molecule has 0 unspecified atom stereocenters. The molecular weight excluding hydrogens is 136 g/mol. The summed E-state index contributed by atoms with van der Waals surface area (Å²) in [6.07, 6.45) is 3.12. The zero-order valence-electron chi connectivity index (χ0n) is 7.77. The van der Waals surface area contributed by atoms with Gasteiger partial charge >= 0.3 is 0 Å². The van der Waals surface area contributed by atoms with E-state index in [0.717, 1.165) is 19.6 Å². The van der Waals surface area contributed by atoms with Crippen LogP contribution in [-0.2, 0) is 0 Å². The van der Waals surface area contributed by atoms with E-state index in [-0.39, 0.29) is 0 Å². The molecule has 0 aliphatic carbocycles. The summed E-state index contributed by atoms with van der Waals surface area (Å²) in [7, 11) is 2.15. The fourth-order valence-electron chi connectivity index (χ4n) is 0.968. The van der Waals surface area contributed by atoms with Gasteiger partial charge in [0.2, 0.25) is 0 Å². The van der Waals surface area contributed by atoms with Crippen LogP contribution in [0, 0.1) is 0 Å².